The fourth-order valence-electron chi connectivity index (χ4n) is 2.35. The lowest BCUT2D eigenvalue weighted by Crippen LogP contribution is -2.18. The standard InChI is InChI=1S/C17H26N2O2/c1-12(2)14(10-11-18)6-9-17(21)19-16-7-4-15(5-8-16)13(3)20/h4-5,7-8,12,14H,6,9-11,18H2,1-3H3,(H,19,21). The Bertz CT molecular complexity index is 466. The van der Waals surface area contributed by atoms with Crippen molar-refractivity contribution in [2.45, 2.75) is 40.0 Å². The van der Waals surface area contributed by atoms with E-state index in [0.717, 1.165) is 18.5 Å². The number of hydrogen-bond donors (Lipinski definition) is 2. The molecule has 0 aromatic heterocycles. The first-order valence-corrected chi connectivity index (χ1v) is 7.55. The Morgan fingerprint density at radius 2 is 1.76 bits per heavy atom. The molecule has 1 atom stereocenters. The Hall–Kier alpha value is -1.68. The summed E-state index contributed by atoms with van der Waals surface area (Å²) in [6.45, 7) is 6.52. The molecule has 1 aromatic rings. The number of nitrogens with two attached hydrogens (primary N) is 1. The highest BCUT2D eigenvalue weighted by Gasteiger charge is 2.14. The smallest absolute Gasteiger partial charge is 0.224 e. The molecule has 0 spiro atoms. The van der Waals surface area contributed by atoms with E-state index < -0.39 is 0 Å². The van der Waals surface area contributed by atoms with Gasteiger partial charge >= 0.3 is 0 Å². The minimum absolute atomic E-state index is 0.00764. The van der Waals surface area contributed by atoms with Gasteiger partial charge in [0.05, 0.1) is 0 Å². The number of carbonyl (C=O) groups excluding carboxylic acids is 2. The minimum atomic E-state index is 0.00764. The number of hydrogen-bond acceptors (Lipinski definition) is 3. The van der Waals surface area contributed by atoms with Crippen LogP contribution in [0.25, 0.3) is 0 Å². The summed E-state index contributed by atoms with van der Waals surface area (Å²) >= 11 is 0. The van der Waals surface area contributed by atoms with Crippen molar-refractivity contribution in [3.8, 4) is 0 Å². The lowest BCUT2D eigenvalue weighted by molar-refractivity contribution is -0.116. The lowest BCUT2D eigenvalue weighted by atomic mass is 9.88. The molecule has 0 fully saturated rings. The minimum Gasteiger partial charge on any atom is -0.330 e. The summed E-state index contributed by atoms with van der Waals surface area (Å²) in [5.41, 5.74) is 6.98. The Morgan fingerprint density at radius 1 is 1.14 bits per heavy atom. The van der Waals surface area contributed by atoms with Gasteiger partial charge in [0.1, 0.15) is 0 Å². The number of anilines is 1. The molecule has 0 aliphatic heterocycles. The van der Waals surface area contributed by atoms with E-state index in [1.165, 1.54) is 6.92 Å². The van der Waals surface area contributed by atoms with Gasteiger partial charge in [-0.05, 0) is 62.4 Å². The average molecular weight is 290 g/mol. The van der Waals surface area contributed by atoms with Crippen molar-refractivity contribution in [3.63, 3.8) is 0 Å². The van der Waals surface area contributed by atoms with Crippen LogP contribution in [0.3, 0.4) is 0 Å². The van der Waals surface area contributed by atoms with Gasteiger partial charge in [0.15, 0.2) is 5.78 Å². The zero-order chi connectivity index (χ0) is 15.8. The van der Waals surface area contributed by atoms with E-state index >= 15 is 0 Å². The zero-order valence-electron chi connectivity index (χ0n) is 13.2. The number of amides is 1. The summed E-state index contributed by atoms with van der Waals surface area (Å²) in [7, 11) is 0. The molecule has 1 aromatic carbocycles. The quantitative estimate of drug-likeness (QED) is 0.722. The molecular formula is C17H26N2O2. The van der Waals surface area contributed by atoms with Crippen LogP contribution in [0.5, 0.6) is 0 Å². The van der Waals surface area contributed by atoms with Crippen LogP contribution in [-0.4, -0.2) is 18.2 Å². The van der Waals surface area contributed by atoms with Crippen LogP contribution < -0.4 is 11.1 Å². The molecule has 0 aliphatic carbocycles. The molecule has 21 heavy (non-hydrogen) atoms. The first kappa shape index (κ1) is 17.4. The monoisotopic (exact) mass is 290 g/mol. The molecule has 1 amide bonds. The van der Waals surface area contributed by atoms with E-state index in [0.29, 0.717) is 30.4 Å². The molecule has 1 unspecified atom stereocenters. The van der Waals surface area contributed by atoms with Crippen LogP contribution in [0, 0.1) is 11.8 Å². The van der Waals surface area contributed by atoms with E-state index in [4.69, 9.17) is 5.73 Å². The summed E-state index contributed by atoms with van der Waals surface area (Å²) < 4.78 is 0. The highest BCUT2D eigenvalue weighted by molar-refractivity contribution is 5.95. The second-order valence-corrected chi connectivity index (χ2v) is 5.80. The molecule has 0 aliphatic rings. The van der Waals surface area contributed by atoms with Crippen molar-refractivity contribution in [2.75, 3.05) is 11.9 Å². The second kappa shape index (κ2) is 8.57. The Balaban J connectivity index is 2.47. The SMILES string of the molecule is CC(=O)c1ccc(NC(=O)CCC(CCN)C(C)C)cc1. The largest absolute Gasteiger partial charge is 0.330 e. The maximum absolute atomic E-state index is 12.0. The van der Waals surface area contributed by atoms with Crippen molar-refractivity contribution < 1.29 is 9.59 Å². The number of ketones is 1. The summed E-state index contributed by atoms with van der Waals surface area (Å²) in [5.74, 6) is 1.06. The van der Waals surface area contributed by atoms with Gasteiger partial charge in [-0.1, -0.05) is 13.8 Å². The van der Waals surface area contributed by atoms with Crippen molar-refractivity contribution >= 4 is 17.4 Å². The number of carbonyl (C=O) groups is 2. The molecule has 4 nitrogen and oxygen atoms in total. The van der Waals surface area contributed by atoms with Crippen molar-refractivity contribution in [3.05, 3.63) is 29.8 Å². The molecule has 0 saturated heterocycles. The van der Waals surface area contributed by atoms with E-state index in [1.807, 2.05) is 0 Å². The van der Waals surface area contributed by atoms with Gasteiger partial charge < -0.3 is 11.1 Å². The molecule has 0 heterocycles. The Labute approximate surface area is 127 Å². The number of Topliss-reactive ketones (excluding diaryl/α,β-unsaturated/α-hetero) is 1. The normalized spacial score (nSPS) is 12.2. The predicted molar refractivity (Wildman–Crippen MR) is 86.3 cm³/mol. The van der Waals surface area contributed by atoms with Gasteiger partial charge in [-0.2, -0.15) is 0 Å². The molecule has 4 heteroatoms. The first-order chi connectivity index (χ1) is 9.93. The van der Waals surface area contributed by atoms with E-state index in [9.17, 15) is 9.59 Å². The lowest BCUT2D eigenvalue weighted by Gasteiger charge is -2.19. The fourth-order valence-corrected chi connectivity index (χ4v) is 2.35. The van der Waals surface area contributed by atoms with Gasteiger partial charge in [0.25, 0.3) is 0 Å². The average Bonchev–Trinajstić information content (AvgIpc) is 2.43. The van der Waals surface area contributed by atoms with Gasteiger partial charge in [-0.25, -0.2) is 0 Å². The van der Waals surface area contributed by atoms with Crippen molar-refractivity contribution in [1.82, 2.24) is 0 Å². The van der Waals surface area contributed by atoms with Gasteiger partial charge in [-0.3, -0.25) is 9.59 Å². The molecule has 3 N–H and O–H groups in total. The molecule has 0 saturated carbocycles. The van der Waals surface area contributed by atoms with E-state index in [1.54, 1.807) is 24.3 Å². The van der Waals surface area contributed by atoms with Gasteiger partial charge in [-0.15, -0.1) is 0 Å². The number of benzene rings is 1. The van der Waals surface area contributed by atoms with Crippen LogP contribution in [0.15, 0.2) is 24.3 Å². The number of rotatable bonds is 8. The zero-order valence-corrected chi connectivity index (χ0v) is 13.2. The van der Waals surface area contributed by atoms with Gasteiger partial charge in [0, 0.05) is 17.7 Å². The summed E-state index contributed by atoms with van der Waals surface area (Å²) in [6, 6.07) is 6.97. The maximum atomic E-state index is 12.0. The first-order valence-electron chi connectivity index (χ1n) is 7.55. The van der Waals surface area contributed by atoms with Crippen LogP contribution >= 0.6 is 0 Å². The third kappa shape index (κ3) is 6.08. The molecule has 1 rings (SSSR count). The predicted octanol–water partition coefficient (Wildman–Crippen LogP) is 3.23. The van der Waals surface area contributed by atoms with Crippen LogP contribution in [0.2, 0.25) is 0 Å². The highest BCUT2D eigenvalue weighted by Crippen LogP contribution is 2.21. The molecule has 116 valence electrons. The van der Waals surface area contributed by atoms with Crippen molar-refractivity contribution in [2.24, 2.45) is 17.6 Å². The summed E-state index contributed by atoms with van der Waals surface area (Å²) in [5, 5.41) is 2.86. The van der Waals surface area contributed by atoms with Gasteiger partial charge in [0.2, 0.25) is 5.91 Å². The fraction of sp³-hybridized carbons (Fsp3) is 0.529. The second-order valence-electron chi connectivity index (χ2n) is 5.80. The van der Waals surface area contributed by atoms with Crippen molar-refractivity contribution in [1.29, 1.82) is 0 Å². The van der Waals surface area contributed by atoms with Crippen LogP contribution in [0.4, 0.5) is 5.69 Å². The molecular weight excluding hydrogens is 264 g/mol. The van der Waals surface area contributed by atoms with E-state index in [2.05, 4.69) is 19.2 Å². The summed E-state index contributed by atoms with van der Waals surface area (Å²) in [6.07, 6.45) is 2.31. The molecule has 0 bridgehead atoms. The van der Waals surface area contributed by atoms with Crippen LogP contribution in [-0.2, 0) is 4.79 Å². The third-order valence-corrected chi connectivity index (χ3v) is 3.80. The Kier molecular flexibility index (Phi) is 7.09. The maximum Gasteiger partial charge on any atom is 0.224 e. The topological polar surface area (TPSA) is 72.2 Å². The Morgan fingerprint density at radius 3 is 2.24 bits per heavy atom. The molecule has 0 radical (unpaired) electrons. The summed E-state index contributed by atoms with van der Waals surface area (Å²) in [4.78, 5) is 23.1. The highest BCUT2D eigenvalue weighted by atomic mass is 16.1. The van der Waals surface area contributed by atoms with Crippen LogP contribution in [0.1, 0.15) is 50.4 Å². The number of nitrogens with one attached hydrogen (secondary N) is 1. The third-order valence-electron chi connectivity index (χ3n) is 3.80. The van der Waals surface area contributed by atoms with E-state index in [-0.39, 0.29) is 11.7 Å².